The lowest BCUT2D eigenvalue weighted by atomic mass is 10.4. The van der Waals surface area contributed by atoms with Crippen LogP contribution in [0.4, 0.5) is 0 Å². The van der Waals surface area contributed by atoms with Crippen molar-refractivity contribution in [3.8, 4) is 0 Å². The number of hydrogen-bond acceptors (Lipinski definition) is 0. The van der Waals surface area contributed by atoms with Gasteiger partial charge >= 0.3 is 0 Å². The van der Waals surface area contributed by atoms with Crippen LogP contribution in [0.2, 0.25) is 0 Å². The van der Waals surface area contributed by atoms with Crippen molar-refractivity contribution >= 4 is 0 Å². The number of imidazole rings is 1. The number of nitrogens with one attached hydrogen (secondary N) is 1. The van der Waals surface area contributed by atoms with Crippen molar-refractivity contribution < 1.29 is 4.57 Å². The van der Waals surface area contributed by atoms with Crippen LogP contribution in [0.5, 0.6) is 0 Å². The molecule has 1 N–H and O–H groups in total. The van der Waals surface area contributed by atoms with Gasteiger partial charge in [0.05, 0.1) is 6.54 Å². The van der Waals surface area contributed by atoms with E-state index in [0.29, 0.717) is 0 Å². The van der Waals surface area contributed by atoms with Crippen molar-refractivity contribution in [1.29, 1.82) is 0 Å². The van der Waals surface area contributed by atoms with E-state index >= 15 is 0 Å². The normalized spacial score (nSPS) is 10.6. The van der Waals surface area contributed by atoms with Gasteiger partial charge in [-0.2, -0.15) is 0 Å². The summed E-state index contributed by atoms with van der Waals surface area (Å²) in [6.45, 7) is 7.73. The van der Waals surface area contributed by atoms with Gasteiger partial charge in [-0.25, -0.2) is 9.55 Å². The lowest BCUT2D eigenvalue weighted by Gasteiger charge is -1.93. The van der Waals surface area contributed by atoms with E-state index in [1.807, 2.05) is 0 Å². The molecule has 1 rings (SSSR count). The number of rotatable bonds is 4. The second kappa shape index (κ2) is 4.29. The summed E-state index contributed by atoms with van der Waals surface area (Å²) in [6, 6.07) is 0. The summed E-state index contributed by atoms with van der Waals surface area (Å²) < 4.78 is 2.33. The Hall–Kier alpha value is -0.790. The van der Waals surface area contributed by atoms with E-state index in [4.69, 9.17) is 0 Å². The van der Waals surface area contributed by atoms with E-state index in [1.165, 1.54) is 17.9 Å². The number of aryl methyl sites for hydroxylation is 3. The Bertz CT molecular complexity index is 238. The molecule has 0 saturated carbocycles. The molecular formula is C10H19N2+. The van der Waals surface area contributed by atoms with Gasteiger partial charge in [-0.05, 0) is 6.42 Å². The molecule has 0 saturated heterocycles. The maximum absolute atomic E-state index is 3.43. The number of nitrogens with zero attached hydrogens (tertiary/aromatic N) is 1. The highest BCUT2D eigenvalue weighted by molar-refractivity contribution is 4.93. The van der Waals surface area contributed by atoms with E-state index < -0.39 is 0 Å². The summed E-state index contributed by atoms with van der Waals surface area (Å²) >= 11 is 0. The minimum absolute atomic E-state index is 1.10. The molecule has 0 fully saturated rings. The summed E-state index contributed by atoms with van der Waals surface area (Å²) in [5.74, 6) is 1.36. The third kappa shape index (κ3) is 1.87. The zero-order valence-corrected chi connectivity index (χ0v) is 8.35. The van der Waals surface area contributed by atoms with Gasteiger partial charge < -0.3 is 0 Å². The lowest BCUT2D eigenvalue weighted by Crippen LogP contribution is -2.35. The molecule has 0 aliphatic carbocycles. The van der Waals surface area contributed by atoms with Crippen LogP contribution < -0.4 is 4.57 Å². The average Bonchev–Trinajstić information content (AvgIpc) is 2.48. The molecule has 0 aromatic carbocycles. The molecule has 0 amide bonds. The standard InChI is InChI=1S/C10H18N2/c1-4-7-12-8-9(5-2)11-10(12)6-3/h8H,4-7H2,1-3H3/p+1. The van der Waals surface area contributed by atoms with Crippen LogP contribution in [-0.4, -0.2) is 4.98 Å². The molecule has 0 aliphatic rings. The number of hydrogen-bond donors (Lipinski definition) is 1. The minimum Gasteiger partial charge on any atom is -0.245 e. The fourth-order valence-corrected chi connectivity index (χ4v) is 1.47. The van der Waals surface area contributed by atoms with E-state index in [0.717, 1.165) is 19.4 Å². The van der Waals surface area contributed by atoms with Crippen LogP contribution in [0.1, 0.15) is 38.7 Å². The van der Waals surface area contributed by atoms with Crippen LogP contribution in [0, 0.1) is 0 Å². The molecule has 1 aromatic heterocycles. The van der Waals surface area contributed by atoms with Crippen LogP contribution in [-0.2, 0) is 19.4 Å². The minimum atomic E-state index is 1.10. The Morgan fingerprint density at radius 2 is 2.00 bits per heavy atom. The molecule has 2 heteroatoms. The predicted molar refractivity (Wildman–Crippen MR) is 50.0 cm³/mol. The topological polar surface area (TPSA) is 19.7 Å². The van der Waals surface area contributed by atoms with Gasteiger partial charge in [0.25, 0.3) is 5.82 Å². The van der Waals surface area contributed by atoms with Crippen LogP contribution >= 0.6 is 0 Å². The van der Waals surface area contributed by atoms with E-state index in [9.17, 15) is 0 Å². The lowest BCUT2D eigenvalue weighted by molar-refractivity contribution is -0.702. The molecule has 0 radical (unpaired) electrons. The Morgan fingerprint density at radius 3 is 2.50 bits per heavy atom. The van der Waals surface area contributed by atoms with Crippen molar-refractivity contribution in [3.63, 3.8) is 0 Å². The van der Waals surface area contributed by atoms with Crippen molar-refractivity contribution in [2.45, 2.75) is 46.6 Å². The molecule has 1 aromatic rings. The zero-order valence-electron chi connectivity index (χ0n) is 8.35. The first-order chi connectivity index (χ1) is 5.81. The molecule has 2 nitrogen and oxygen atoms in total. The van der Waals surface area contributed by atoms with E-state index in [1.54, 1.807) is 0 Å². The zero-order chi connectivity index (χ0) is 8.97. The van der Waals surface area contributed by atoms with Crippen LogP contribution in [0.25, 0.3) is 0 Å². The number of aromatic nitrogens is 2. The van der Waals surface area contributed by atoms with Gasteiger partial charge in [-0.15, -0.1) is 0 Å². The second-order valence-electron chi connectivity index (χ2n) is 3.13. The molecule has 0 atom stereocenters. The van der Waals surface area contributed by atoms with Crippen LogP contribution in [0.3, 0.4) is 0 Å². The largest absolute Gasteiger partial charge is 0.254 e. The average molecular weight is 167 g/mol. The third-order valence-corrected chi connectivity index (χ3v) is 2.14. The Morgan fingerprint density at radius 1 is 1.25 bits per heavy atom. The molecule has 0 bridgehead atoms. The smallest absolute Gasteiger partial charge is 0.245 e. The number of aromatic amines is 1. The van der Waals surface area contributed by atoms with E-state index in [-0.39, 0.29) is 0 Å². The highest BCUT2D eigenvalue weighted by Crippen LogP contribution is 1.97. The fourth-order valence-electron chi connectivity index (χ4n) is 1.47. The predicted octanol–water partition coefficient (Wildman–Crippen LogP) is 1.84. The molecule has 12 heavy (non-hydrogen) atoms. The van der Waals surface area contributed by atoms with Crippen molar-refractivity contribution in [1.82, 2.24) is 4.98 Å². The number of H-pyrrole nitrogens is 1. The first-order valence-corrected chi connectivity index (χ1v) is 4.92. The highest BCUT2D eigenvalue weighted by Gasteiger charge is 2.10. The first-order valence-electron chi connectivity index (χ1n) is 4.92. The van der Waals surface area contributed by atoms with Gasteiger partial charge in [0.1, 0.15) is 11.9 Å². The third-order valence-electron chi connectivity index (χ3n) is 2.14. The first kappa shape index (κ1) is 9.30. The molecular weight excluding hydrogens is 148 g/mol. The molecule has 0 aliphatic heterocycles. The highest BCUT2D eigenvalue weighted by atomic mass is 15.1. The Kier molecular flexibility index (Phi) is 3.32. The molecule has 0 spiro atoms. The molecule has 0 unspecified atom stereocenters. The molecule has 68 valence electrons. The second-order valence-corrected chi connectivity index (χ2v) is 3.13. The van der Waals surface area contributed by atoms with Crippen molar-refractivity contribution in [2.75, 3.05) is 0 Å². The molecule has 1 heterocycles. The van der Waals surface area contributed by atoms with Crippen LogP contribution in [0.15, 0.2) is 6.20 Å². The maximum Gasteiger partial charge on any atom is 0.254 e. The quantitative estimate of drug-likeness (QED) is 0.660. The summed E-state index contributed by atoms with van der Waals surface area (Å²) in [5.41, 5.74) is 1.35. The van der Waals surface area contributed by atoms with Gasteiger partial charge in [-0.3, -0.25) is 0 Å². The van der Waals surface area contributed by atoms with Gasteiger partial charge in [0.2, 0.25) is 0 Å². The SMILES string of the molecule is CCC[n+]1cc(CC)[nH]c1CC. The monoisotopic (exact) mass is 167 g/mol. The Balaban J connectivity index is 2.84. The summed E-state index contributed by atoms with van der Waals surface area (Å²) in [5, 5.41) is 0. The summed E-state index contributed by atoms with van der Waals surface area (Å²) in [4.78, 5) is 3.43. The van der Waals surface area contributed by atoms with Gasteiger partial charge in [0.15, 0.2) is 0 Å². The van der Waals surface area contributed by atoms with Gasteiger partial charge in [0, 0.05) is 12.8 Å². The van der Waals surface area contributed by atoms with Crippen molar-refractivity contribution in [3.05, 3.63) is 17.7 Å². The maximum atomic E-state index is 3.43. The summed E-state index contributed by atoms with van der Waals surface area (Å²) in [6.07, 6.45) is 5.64. The van der Waals surface area contributed by atoms with Crippen molar-refractivity contribution in [2.24, 2.45) is 0 Å². The fraction of sp³-hybridized carbons (Fsp3) is 0.700. The summed E-state index contributed by atoms with van der Waals surface area (Å²) in [7, 11) is 0. The Labute approximate surface area is 74.6 Å². The van der Waals surface area contributed by atoms with Gasteiger partial charge in [-0.1, -0.05) is 20.8 Å². The van der Waals surface area contributed by atoms with E-state index in [2.05, 4.69) is 36.5 Å².